The number of hydrogen-bond acceptors (Lipinski definition) is 2. The van der Waals surface area contributed by atoms with Crippen molar-refractivity contribution in [1.29, 1.82) is 0 Å². The van der Waals surface area contributed by atoms with E-state index in [9.17, 15) is 0 Å². The summed E-state index contributed by atoms with van der Waals surface area (Å²) < 4.78 is 0. The second-order valence-electron chi connectivity index (χ2n) is 3.08. The van der Waals surface area contributed by atoms with Gasteiger partial charge in [0.2, 0.25) is 0 Å². The van der Waals surface area contributed by atoms with E-state index in [4.69, 9.17) is 0 Å². The molecule has 1 heterocycles. The summed E-state index contributed by atoms with van der Waals surface area (Å²) in [5, 5.41) is 0. The van der Waals surface area contributed by atoms with Crippen molar-refractivity contribution in [3.8, 4) is 0 Å². The molecule has 0 atom stereocenters. The lowest BCUT2D eigenvalue weighted by Gasteiger charge is -2.16. The van der Waals surface area contributed by atoms with Crippen LogP contribution in [0, 0.1) is 13.8 Å². The lowest BCUT2D eigenvalue weighted by atomic mass is 10.1. The molecule has 64 valence electrons. The monoisotopic (exact) mass is 196 g/mol. The van der Waals surface area contributed by atoms with E-state index < -0.39 is 0 Å². The number of fused-ring (bicyclic) bond motifs is 1. The van der Waals surface area contributed by atoms with E-state index in [1.807, 2.05) is 23.5 Å². The van der Waals surface area contributed by atoms with Crippen LogP contribution in [-0.4, -0.2) is 11.5 Å². The maximum absolute atomic E-state index is 2.32. The third kappa shape index (κ3) is 1.50. The first-order valence-corrected chi connectivity index (χ1v) is 6.11. The normalized spacial score (nSPS) is 15.8. The van der Waals surface area contributed by atoms with Gasteiger partial charge in [-0.15, -0.1) is 23.5 Å². The Hall–Kier alpha value is -0.0800. The third-order valence-electron chi connectivity index (χ3n) is 2.16. The van der Waals surface area contributed by atoms with E-state index in [0.717, 1.165) is 0 Å². The van der Waals surface area contributed by atoms with Crippen LogP contribution in [0.4, 0.5) is 0 Å². The molecule has 0 radical (unpaired) electrons. The van der Waals surface area contributed by atoms with Gasteiger partial charge in [-0.1, -0.05) is 0 Å². The Morgan fingerprint density at radius 1 is 0.917 bits per heavy atom. The van der Waals surface area contributed by atoms with Crippen molar-refractivity contribution in [1.82, 2.24) is 0 Å². The first-order chi connectivity index (χ1) is 5.77. The van der Waals surface area contributed by atoms with Gasteiger partial charge < -0.3 is 0 Å². The van der Waals surface area contributed by atoms with Crippen molar-refractivity contribution in [2.24, 2.45) is 0 Å². The molecule has 0 amide bonds. The summed E-state index contributed by atoms with van der Waals surface area (Å²) >= 11 is 3.98. The number of thioether (sulfide) groups is 2. The van der Waals surface area contributed by atoms with Gasteiger partial charge in [0, 0.05) is 21.3 Å². The molecular formula is C10H12S2. The molecule has 2 rings (SSSR count). The van der Waals surface area contributed by atoms with Gasteiger partial charge in [-0.3, -0.25) is 0 Å². The van der Waals surface area contributed by atoms with Crippen molar-refractivity contribution < 1.29 is 0 Å². The van der Waals surface area contributed by atoms with Crippen LogP contribution >= 0.6 is 23.5 Å². The smallest absolute Gasteiger partial charge is 0.0211 e. The SMILES string of the molecule is Cc1cc2c(cc1C)SCCS2. The van der Waals surface area contributed by atoms with Crippen LogP contribution in [0.25, 0.3) is 0 Å². The molecule has 0 N–H and O–H groups in total. The molecule has 1 aromatic rings. The second kappa shape index (κ2) is 3.35. The van der Waals surface area contributed by atoms with Crippen molar-refractivity contribution in [2.75, 3.05) is 11.5 Å². The average Bonchev–Trinajstić information content (AvgIpc) is 2.07. The molecule has 0 spiro atoms. The minimum atomic E-state index is 1.26. The van der Waals surface area contributed by atoms with Crippen LogP contribution in [0.15, 0.2) is 21.9 Å². The summed E-state index contributed by atoms with van der Waals surface area (Å²) in [6.45, 7) is 4.38. The molecule has 1 aliphatic rings. The number of hydrogen-bond donors (Lipinski definition) is 0. The first kappa shape index (κ1) is 8.52. The summed E-state index contributed by atoms with van der Waals surface area (Å²) in [4.78, 5) is 2.96. The molecule has 1 aliphatic heterocycles. The molecular weight excluding hydrogens is 184 g/mol. The molecule has 0 aromatic heterocycles. The van der Waals surface area contributed by atoms with Crippen LogP contribution in [0.3, 0.4) is 0 Å². The molecule has 0 nitrogen and oxygen atoms in total. The lowest BCUT2D eigenvalue weighted by molar-refractivity contribution is 1.15. The maximum atomic E-state index is 2.32. The maximum Gasteiger partial charge on any atom is 0.0211 e. The predicted molar refractivity (Wildman–Crippen MR) is 57.4 cm³/mol. The fourth-order valence-electron chi connectivity index (χ4n) is 1.29. The van der Waals surface area contributed by atoms with E-state index in [0.29, 0.717) is 0 Å². The van der Waals surface area contributed by atoms with Gasteiger partial charge in [0.05, 0.1) is 0 Å². The van der Waals surface area contributed by atoms with Gasteiger partial charge in [0.1, 0.15) is 0 Å². The van der Waals surface area contributed by atoms with Gasteiger partial charge in [-0.05, 0) is 37.1 Å². The van der Waals surface area contributed by atoms with Crippen molar-refractivity contribution in [3.05, 3.63) is 23.3 Å². The summed E-state index contributed by atoms with van der Waals surface area (Å²) in [6.07, 6.45) is 0. The number of aryl methyl sites for hydroxylation is 2. The van der Waals surface area contributed by atoms with E-state index in [1.54, 1.807) is 0 Å². The lowest BCUT2D eigenvalue weighted by Crippen LogP contribution is -1.95. The van der Waals surface area contributed by atoms with E-state index in [-0.39, 0.29) is 0 Å². The highest BCUT2D eigenvalue weighted by Crippen LogP contribution is 2.37. The van der Waals surface area contributed by atoms with Crippen LogP contribution in [-0.2, 0) is 0 Å². The second-order valence-corrected chi connectivity index (χ2v) is 5.35. The molecule has 0 aliphatic carbocycles. The zero-order chi connectivity index (χ0) is 8.55. The van der Waals surface area contributed by atoms with Gasteiger partial charge in [0.25, 0.3) is 0 Å². The molecule has 12 heavy (non-hydrogen) atoms. The summed E-state index contributed by atoms with van der Waals surface area (Å²) in [7, 11) is 0. The highest BCUT2D eigenvalue weighted by Gasteiger charge is 2.10. The predicted octanol–water partition coefficient (Wildman–Crippen LogP) is 3.50. The Morgan fingerprint density at radius 2 is 1.33 bits per heavy atom. The third-order valence-corrected chi connectivity index (χ3v) is 4.66. The standard InChI is InChI=1S/C10H12S2/c1-7-5-9-10(6-8(7)2)12-4-3-11-9/h5-6H,3-4H2,1-2H3. The molecule has 0 bridgehead atoms. The van der Waals surface area contributed by atoms with Crippen LogP contribution < -0.4 is 0 Å². The largest absolute Gasteiger partial charge is 0.124 e. The van der Waals surface area contributed by atoms with Crippen LogP contribution in [0.2, 0.25) is 0 Å². The molecule has 0 saturated heterocycles. The number of benzene rings is 1. The van der Waals surface area contributed by atoms with Crippen LogP contribution in [0.5, 0.6) is 0 Å². The fourth-order valence-corrected chi connectivity index (χ4v) is 3.67. The van der Waals surface area contributed by atoms with E-state index in [2.05, 4.69) is 26.0 Å². The Labute approximate surface area is 82.1 Å². The van der Waals surface area contributed by atoms with Gasteiger partial charge in [0.15, 0.2) is 0 Å². The minimum Gasteiger partial charge on any atom is -0.124 e. The van der Waals surface area contributed by atoms with Gasteiger partial charge >= 0.3 is 0 Å². The van der Waals surface area contributed by atoms with Crippen molar-refractivity contribution in [3.63, 3.8) is 0 Å². The number of rotatable bonds is 0. The van der Waals surface area contributed by atoms with Crippen molar-refractivity contribution in [2.45, 2.75) is 23.6 Å². The molecule has 0 unspecified atom stereocenters. The molecule has 1 aromatic carbocycles. The van der Waals surface area contributed by atoms with E-state index in [1.165, 1.54) is 32.4 Å². The fraction of sp³-hybridized carbons (Fsp3) is 0.400. The first-order valence-electron chi connectivity index (χ1n) is 4.14. The summed E-state index contributed by atoms with van der Waals surface area (Å²) in [6, 6.07) is 4.64. The highest BCUT2D eigenvalue weighted by molar-refractivity contribution is 8.05. The van der Waals surface area contributed by atoms with Gasteiger partial charge in [-0.2, -0.15) is 0 Å². The minimum absolute atomic E-state index is 1.26. The molecule has 0 saturated carbocycles. The zero-order valence-corrected chi connectivity index (χ0v) is 9.02. The Bertz CT molecular complexity index is 274. The van der Waals surface area contributed by atoms with E-state index >= 15 is 0 Å². The highest BCUT2D eigenvalue weighted by atomic mass is 32.2. The Kier molecular flexibility index (Phi) is 2.37. The van der Waals surface area contributed by atoms with Crippen molar-refractivity contribution >= 4 is 23.5 Å². The quantitative estimate of drug-likeness (QED) is 0.623. The summed E-state index contributed by atoms with van der Waals surface area (Å²) in [5.74, 6) is 2.53. The van der Waals surface area contributed by atoms with Gasteiger partial charge in [-0.25, -0.2) is 0 Å². The molecule has 2 heteroatoms. The Morgan fingerprint density at radius 3 is 1.75 bits per heavy atom. The average molecular weight is 196 g/mol. The summed E-state index contributed by atoms with van der Waals surface area (Å²) in [5.41, 5.74) is 2.84. The molecule has 0 fully saturated rings. The zero-order valence-electron chi connectivity index (χ0n) is 7.39. The topological polar surface area (TPSA) is 0 Å². The Balaban J connectivity index is 2.49. The van der Waals surface area contributed by atoms with Crippen LogP contribution in [0.1, 0.15) is 11.1 Å².